The van der Waals surface area contributed by atoms with E-state index in [-0.39, 0.29) is 31.6 Å². The van der Waals surface area contributed by atoms with Gasteiger partial charge in [-0.25, -0.2) is 9.59 Å². The molecule has 0 bridgehead atoms. The maximum atomic E-state index is 12.9. The highest BCUT2D eigenvalue weighted by Gasteiger charge is 2.54. The van der Waals surface area contributed by atoms with Gasteiger partial charge in [0.2, 0.25) is 11.8 Å². The van der Waals surface area contributed by atoms with Crippen molar-refractivity contribution in [3.05, 3.63) is 63.6 Å². The zero-order chi connectivity index (χ0) is 27.7. The van der Waals surface area contributed by atoms with Crippen molar-refractivity contribution in [2.75, 3.05) is 6.61 Å². The van der Waals surface area contributed by atoms with E-state index in [1.807, 2.05) is 0 Å². The predicted octanol–water partition coefficient (Wildman–Crippen LogP) is 5.25. The topological polar surface area (TPSA) is 107 Å². The molecule has 0 aromatic heterocycles. The SMILES string of the molecule is CC(C(=O)OCC(=O)c1ccc(OC(=O)c2ccc(Cl)c(Cl)c2)cc1)N1C(=O)C2CC(Br)C(Br)CC2C1=O. The zero-order valence-corrected chi connectivity index (χ0v) is 24.6. The van der Waals surface area contributed by atoms with Gasteiger partial charge in [0.25, 0.3) is 0 Å². The van der Waals surface area contributed by atoms with Crippen LogP contribution in [0.1, 0.15) is 40.5 Å². The van der Waals surface area contributed by atoms with Crippen LogP contribution in [0.2, 0.25) is 10.0 Å². The fourth-order valence-electron chi connectivity index (χ4n) is 4.45. The number of alkyl halides is 2. The van der Waals surface area contributed by atoms with Crippen LogP contribution in [-0.4, -0.2) is 56.7 Å². The van der Waals surface area contributed by atoms with Crippen LogP contribution in [0.4, 0.5) is 0 Å². The van der Waals surface area contributed by atoms with Gasteiger partial charge in [0.1, 0.15) is 11.8 Å². The summed E-state index contributed by atoms with van der Waals surface area (Å²) in [6.07, 6.45) is 0.974. The molecule has 5 atom stereocenters. The minimum Gasteiger partial charge on any atom is -0.456 e. The highest BCUT2D eigenvalue weighted by atomic mass is 79.9. The maximum absolute atomic E-state index is 12.9. The molecule has 0 spiro atoms. The van der Waals surface area contributed by atoms with Gasteiger partial charge in [0, 0.05) is 15.2 Å². The van der Waals surface area contributed by atoms with Crippen LogP contribution in [0.15, 0.2) is 42.5 Å². The molecule has 1 aliphatic heterocycles. The van der Waals surface area contributed by atoms with E-state index in [1.165, 1.54) is 49.4 Å². The van der Waals surface area contributed by atoms with Gasteiger partial charge in [-0.15, -0.1) is 0 Å². The van der Waals surface area contributed by atoms with E-state index in [2.05, 4.69) is 31.9 Å². The van der Waals surface area contributed by atoms with Crippen LogP contribution in [0.3, 0.4) is 0 Å². The Morgan fingerprint density at radius 2 is 1.47 bits per heavy atom. The van der Waals surface area contributed by atoms with Crippen LogP contribution in [-0.2, 0) is 19.1 Å². The molecule has 1 heterocycles. The second kappa shape index (κ2) is 11.9. The average Bonchev–Trinajstić information content (AvgIpc) is 3.12. The fourth-order valence-corrected chi connectivity index (χ4v) is 5.98. The number of amides is 2. The molecule has 5 unspecified atom stereocenters. The van der Waals surface area contributed by atoms with Crippen molar-refractivity contribution in [3.8, 4) is 5.75 Å². The van der Waals surface area contributed by atoms with Crippen molar-refractivity contribution in [2.45, 2.75) is 35.5 Å². The molecule has 0 N–H and O–H groups in total. The van der Waals surface area contributed by atoms with Crippen LogP contribution >= 0.6 is 55.1 Å². The Balaban J connectivity index is 1.32. The number of rotatable bonds is 7. The van der Waals surface area contributed by atoms with Crippen molar-refractivity contribution in [3.63, 3.8) is 0 Å². The van der Waals surface area contributed by atoms with Gasteiger partial charge in [-0.05, 0) is 62.2 Å². The van der Waals surface area contributed by atoms with E-state index in [9.17, 15) is 24.0 Å². The summed E-state index contributed by atoms with van der Waals surface area (Å²) in [7, 11) is 0. The van der Waals surface area contributed by atoms with Crippen LogP contribution in [0.5, 0.6) is 5.75 Å². The molecule has 38 heavy (non-hydrogen) atoms. The summed E-state index contributed by atoms with van der Waals surface area (Å²) >= 11 is 18.8. The monoisotopic (exact) mass is 687 g/mol. The number of imide groups is 1. The lowest BCUT2D eigenvalue weighted by molar-refractivity contribution is -0.157. The summed E-state index contributed by atoms with van der Waals surface area (Å²) in [6.45, 7) is 0.829. The van der Waals surface area contributed by atoms with E-state index >= 15 is 0 Å². The number of likely N-dealkylation sites (tertiary alicyclic amines) is 1. The second-order valence-corrected chi connectivity index (χ2v) is 12.2. The van der Waals surface area contributed by atoms with Crippen LogP contribution < -0.4 is 4.74 Å². The maximum Gasteiger partial charge on any atom is 0.343 e. The molecule has 1 saturated heterocycles. The molecule has 2 aromatic rings. The van der Waals surface area contributed by atoms with Gasteiger partial charge in [-0.1, -0.05) is 55.1 Å². The summed E-state index contributed by atoms with van der Waals surface area (Å²) < 4.78 is 10.4. The number of ether oxygens (including phenoxy) is 2. The lowest BCUT2D eigenvalue weighted by Gasteiger charge is -2.29. The van der Waals surface area contributed by atoms with Gasteiger partial charge in [0.05, 0.1) is 27.4 Å². The zero-order valence-electron chi connectivity index (χ0n) is 19.9. The molecule has 8 nitrogen and oxygen atoms in total. The third kappa shape index (κ3) is 5.98. The van der Waals surface area contributed by atoms with Crippen molar-refractivity contribution < 1.29 is 33.4 Å². The van der Waals surface area contributed by atoms with Crippen molar-refractivity contribution in [1.82, 2.24) is 4.90 Å². The molecule has 2 aromatic carbocycles. The number of hydrogen-bond donors (Lipinski definition) is 0. The standard InChI is InChI=1S/C26H21Br2Cl2NO7/c1-12(31-23(33)16-9-18(27)19(28)10-17(16)24(31)34)25(35)37-11-22(32)13-2-5-15(6-3-13)38-26(36)14-4-7-20(29)21(30)8-14/h2-8,12,16-19H,9-11H2,1H3. The lowest BCUT2D eigenvalue weighted by Crippen LogP contribution is -2.44. The third-order valence-electron chi connectivity index (χ3n) is 6.56. The van der Waals surface area contributed by atoms with E-state index in [4.69, 9.17) is 32.7 Å². The number of esters is 2. The molecule has 1 saturated carbocycles. The number of carbonyl (C=O) groups excluding carboxylic acids is 5. The minimum absolute atomic E-state index is 0.0474. The Morgan fingerprint density at radius 3 is 2.03 bits per heavy atom. The number of fused-ring (bicyclic) bond motifs is 1. The number of carbonyl (C=O) groups is 5. The quantitative estimate of drug-likeness (QED) is 0.129. The number of halogens is 4. The smallest absolute Gasteiger partial charge is 0.343 e. The number of benzene rings is 2. The molecule has 2 aliphatic rings. The number of nitrogens with zero attached hydrogens (tertiary/aromatic N) is 1. The summed E-state index contributed by atoms with van der Waals surface area (Å²) in [5.74, 6) is -3.59. The normalized spacial score (nSPS) is 23.6. The highest BCUT2D eigenvalue weighted by Crippen LogP contribution is 2.43. The lowest BCUT2D eigenvalue weighted by atomic mass is 9.81. The number of ketones is 1. The van der Waals surface area contributed by atoms with E-state index in [1.54, 1.807) is 0 Å². The number of hydrogen-bond acceptors (Lipinski definition) is 7. The molecule has 2 amide bonds. The van der Waals surface area contributed by atoms with E-state index in [0.717, 1.165) is 4.90 Å². The van der Waals surface area contributed by atoms with Crippen molar-refractivity contribution in [2.24, 2.45) is 11.8 Å². The molecular formula is C26H21Br2Cl2NO7. The van der Waals surface area contributed by atoms with E-state index in [0.29, 0.717) is 17.9 Å². The Kier molecular flexibility index (Phi) is 8.96. The van der Waals surface area contributed by atoms with Gasteiger partial charge < -0.3 is 9.47 Å². The first-order valence-electron chi connectivity index (χ1n) is 11.6. The first-order valence-corrected chi connectivity index (χ1v) is 14.2. The first kappa shape index (κ1) is 28.7. The van der Waals surface area contributed by atoms with Gasteiger partial charge in [0.15, 0.2) is 12.4 Å². The first-order chi connectivity index (χ1) is 18.0. The Hall–Kier alpha value is -2.27. The molecular weight excluding hydrogens is 669 g/mol. The van der Waals surface area contributed by atoms with Gasteiger partial charge in [-0.3, -0.25) is 19.3 Å². The third-order valence-corrected chi connectivity index (χ3v) is 10.0. The molecule has 4 rings (SSSR count). The van der Waals surface area contributed by atoms with E-state index < -0.39 is 54.0 Å². The fraction of sp³-hybridized carbons (Fsp3) is 0.346. The second-order valence-electron chi connectivity index (χ2n) is 9.01. The Morgan fingerprint density at radius 1 is 0.921 bits per heavy atom. The molecule has 200 valence electrons. The summed E-state index contributed by atoms with van der Waals surface area (Å²) in [4.78, 5) is 64.3. The summed E-state index contributed by atoms with van der Waals surface area (Å²) in [5, 5.41) is 0.515. The predicted molar refractivity (Wildman–Crippen MR) is 146 cm³/mol. The van der Waals surface area contributed by atoms with Crippen molar-refractivity contribution >= 4 is 84.6 Å². The molecule has 2 fully saturated rings. The highest BCUT2D eigenvalue weighted by molar-refractivity contribution is 9.12. The van der Waals surface area contributed by atoms with Gasteiger partial charge in [-0.2, -0.15) is 0 Å². The Labute approximate surface area is 245 Å². The minimum atomic E-state index is -1.15. The number of Topliss-reactive ketones (excluding diaryl/α,β-unsaturated/α-hetero) is 1. The van der Waals surface area contributed by atoms with Gasteiger partial charge >= 0.3 is 11.9 Å². The van der Waals surface area contributed by atoms with Crippen molar-refractivity contribution in [1.29, 1.82) is 0 Å². The van der Waals surface area contributed by atoms with Crippen LogP contribution in [0, 0.1) is 11.8 Å². The Bertz CT molecular complexity index is 1280. The molecule has 1 aliphatic carbocycles. The summed E-state index contributed by atoms with van der Waals surface area (Å²) in [5.41, 5.74) is 0.416. The molecule has 0 radical (unpaired) electrons. The largest absolute Gasteiger partial charge is 0.456 e. The average molecular weight is 690 g/mol. The summed E-state index contributed by atoms with van der Waals surface area (Å²) in [6, 6.07) is 8.86. The van der Waals surface area contributed by atoms with Crippen LogP contribution in [0.25, 0.3) is 0 Å². The molecule has 12 heteroatoms.